The van der Waals surface area contributed by atoms with Crippen LogP contribution in [0, 0.1) is 11.6 Å². The molecule has 0 aliphatic rings. The SMILES string of the molecule is CNC(Cc1cccc(F)c1F)c1ccccn1. The second kappa shape index (κ2) is 5.69. The number of aromatic nitrogens is 1. The van der Waals surface area contributed by atoms with Crippen LogP contribution in [0.25, 0.3) is 0 Å². The molecule has 94 valence electrons. The minimum atomic E-state index is -0.816. The van der Waals surface area contributed by atoms with Gasteiger partial charge < -0.3 is 5.32 Å². The van der Waals surface area contributed by atoms with Gasteiger partial charge in [0.15, 0.2) is 11.6 Å². The van der Waals surface area contributed by atoms with Crippen LogP contribution in [0.3, 0.4) is 0 Å². The van der Waals surface area contributed by atoms with Crippen molar-refractivity contribution in [3.63, 3.8) is 0 Å². The molecule has 1 atom stereocenters. The summed E-state index contributed by atoms with van der Waals surface area (Å²) in [5, 5.41) is 3.06. The van der Waals surface area contributed by atoms with Gasteiger partial charge in [-0.25, -0.2) is 8.78 Å². The third-order valence-corrected chi connectivity index (χ3v) is 2.85. The number of nitrogens with zero attached hydrogens (tertiary/aromatic N) is 1. The van der Waals surface area contributed by atoms with Crippen LogP contribution in [-0.2, 0) is 6.42 Å². The zero-order valence-electron chi connectivity index (χ0n) is 10.0. The van der Waals surface area contributed by atoms with Crippen molar-refractivity contribution in [3.8, 4) is 0 Å². The lowest BCUT2D eigenvalue weighted by atomic mass is 10.0. The molecule has 2 aromatic rings. The number of rotatable bonds is 4. The van der Waals surface area contributed by atoms with Gasteiger partial charge in [-0.1, -0.05) is 18.2 Å². The lowest BCUT2D eigenvalue weighted by Gasteiger charge is -2.16. The van der Waals surface area contributed by atoms with E-state index in [1.807, 2.05) is 18.2 Å². The maximum atomic E-state index is 13.6. The molecule has 0 aliphatic heterocycles. The molecule has 0 bridgehead atoms. The number of benzene rings is 1. The summed E-state index contributed by atoms with van der Waals surface area (Å²) in [5.41, 5.74) is 1.16. The Morgan fingerprint density at radius 2 is 2.00 bits per heavy atom. The molecular weight excluding hydrogens is 234 g/mol. The molecule has 0 aliphatic carbocycles. The van der Waals surface area contributed by atoms with Gasteiger partial charge in [0.05, 0.1) is 11.7 Å². The fourth-order valence-corrected chi connectivity index (χ4v) is 1.86. The van der Waals surface area contributed by atoms with Gasteiger partial charge in [0.2, 0.25) is 0 Å². The van der Waals surface area contributed by atoms with Gasteiger partial charge in [-0.2, -0.15) is 0 Å². The third kappa shape index (κ3) is 2.71. The molecule has 0 spiro atoms. The van der Waals surface area contributed by atoms with E-state index < -0.39 is 11.6 Å². The van der Waals surface area contributed by atoms with Crippen LogP contribution in [0.15, 0.2) is 42.6 Å². The Labute approximate surface area is 105 Å². The Morgan fingerprint density at radius 3 is 2.67 bits per heavy atom. The first-order valence-corrected chi connectivity index (χ1v) is 5.73. The average Bonchev–Trinajstić information content (AvgIpc) is 2.41. The predicted molar refractivity (Wildman–Crippen MR) is 66.1 cm³/mol. The van der Waals surface area contributed by atoms with E-state index in [1.54, 1.807) is 19.3 Å². The Bertz CT molecular complexity index is 514. The van der Waals surface area contributed by atoms with Gasteiger partial charge >= 0.3 is 0 Å². The minimum Gasteiger partial charge on any atom is -0.311 e. The van der Waals surface area contributed by atoms with E-state index in [2.05, 4.69) is 10.3 Å². The zero-order valence-corrected chi connectivity index (χ0v) is 10.0. The van der Waals surface area contributed by atoms with E-state index in [1.165, 1.54) is 6.07 Å². The monoisotopic (exact) mass is 248 g/mol. The smallest absolute Gasteiger partial charge is 0.162 e. The van der Waals surface area contributed by atoms with Gasteiger partial charge in [0.1, 0.15) is 0 Å². The van der Waals surface area contributed by atoms with Crippen LogP contribution in [0.4, 0.5) is 8.78 Å². The maximum absolute atomic E-state index is 13.6. The Hall–Kier alpha value is -1.81. The molecule has 1 aromatic carbocycles. The summed E-state index contributed by atoms with van der Waals surface area (Å²) >= 11 is 0. The van der Waals surface area contributed by atoms with E-state index >= 15 is 0 Å². The lowest BCUT2D eigenvalue weighted by Crippen LogP contribution is -2.20. The molecule has 0 saturated heterocycles. The molecule has 0 amide bonds. The molecule has 4 heteroatoms. The van der Waals surface area contributed by atoms with Crippen molar-refractivity contribution < 1.29 is 8.78 Å². The Balaban J connectivity index is 2.24. The van der Waals surface area contributed by atoms with Crippen molar-refractivity contribution in [2.75, 3.05) is 7.05 Å². The number of hydrogen-bond acceptors (Lipinski definition) is 2. The molecule has 0 saturated carbocycles. The zero-order chi connectivity index (χ0) is 13.0. The van der Waals surface area contributed by atoms with Crippen LogP contribution < -0.4 is 5.32 Å². The van der Waals surface area contributed by atoms with Crippen molar-refractivity contribution in [2.24, 2.45) is 0 Å². The standard InChI is InChI=1S/C14H14F2N2/c1-17-13(12-7-2-3-8-18-12)9-10-5-4-6-11(15)14(10)16/h2-8,13,17H,9H2,1H3. The Morgan fingerprint density at radius 1 is 1.17 bits per heavy atom. The van der Waals surface area contributed by atoms with E-state index in [0.717, 1.165) is 11.8 Å². The van der Waals surface area contributed by atoms with E-state index in [4.69, 9.17) is 0 Å². The fourth-order valence-electron chi connectivity index (χ4n) is 1.86. The van der Waals surface area contributed by atoms with Gasteiger partial charge in [0, 0.05) is 6.20 Å². The van der Waals surface area contributed by atoms with Gasteiger partial charge in [-0.15, -0.1) is 0 Å². The minimum absolute atomic E-state index is 0.137. The highest BCUT2D eigenvalue weighted by molar-refractivity contribution is 5.22. The van der Waals surface area contributed by atoms with Crippen LogP contribution in [0.1, 0.15) is 17.3 Å². The number of nitrogens with one attached hydrogen (secondary N) is 1. The van der Waals surface area contributed by atoms with Crippen molar-refractivity contribution >= 4 is 0 Å². The highest BCUT2D eigenvalue weighted by Gasteiger charge is 2.15. The average molecular weight is 248 g/mol. The summed E-state index contributed by atoms with van der Waals surface area (Å²) in [4.78, 5) is 4.22. The topological polar surface area (TPSA) is 24.9 Å². The van der Waals surface area contributed by atoms with Crippen molar-refractivity contribution in [3.05, 3.63) is 65.5 Å². The molecule has 1 aromatic heterocycles. The van der Waals surface area contributed by atoms with Crippen molar-refractivity contribution in [1.29, 1.82) is 0 Å². The predicted octanol–water partition coefficient (Wildman–Crippen LogP) is 2.86. The summed E-state index contributed by atoms with van der Waals surface area (Å²) in [5.74, 6) is -1.60. The molecule has 0 fully saturated rings. The van der Waals surface area contributed by atoms with Crippen molar-refractivity contribution in [2.45, 2.75) is 12.5 Å². The van der Waals surface area contributed by atoms with Crippen LogP contribution in [0.2, 0.25) is 0 Å². The highest BCUT2D eigenvalue weighted by Crippen LogP contribution is 2.19. The summed E-state index contributed by atoms with van der Waals surface area (Å²) in [7, 11) is 1.77. The first-order valence-electron chi connectivity index (χ1n) is 5.73. The van der Waals surface area contributed by atoms with E-state index in [9.17, 15) is 8.78 Å². The third-order valence-electron chi connectivity index (χ3n) is 2.85. The summed E-state index contributed by atoms with van der Waals surface area (Å²) in [6.45, 7) is 0. The van der Waals surface area contributed by atoms with Crippen LogP contribution in [-0.4, -0.2) is 12.0 Å². The van der Waals surface area contributed by atoms with Gasteiger partial charge in [0.25, 0.3) is 0 Å². The second-order valence-electron chi connectivity index (χ2n) is 4.01. The maximum Gasteiger partial charge on any atom is 0.162 e. The lowest BCUT2D eigenvalue weighted by molar-refractivity contribution is 0.485. The summed E-state index contributed by atoms with van der Waals surface area (Å²) in [6.07, 6.45) is 2.04. The summed E-state index contributed by atoms with van der Waals surface area (Å²) < 4.78 is 26.7. The fraction of sp³-hybridized carbons (Fsp3) is 0.214. The summed E-state index contributed by atoms with van der Waals surface area (Å²) in [6, 6.07) is 9.63. The number of pyridine rings is 1. The number of likely N-dealkylation sites (N-methyl/N-ethyl adjacent to an activating group) is 1. The first kappa shape index (κ1) is 12.6. The molecule has 1 N–H and O–H groups in total. The molecule has 1 unspecified atom stereocenters. The van der Waals surface area contributed by atoms with Crippen molar-refractivity contribution in [1.82, 2.24) is 10.3 Å². The van der Waals surface area contributed by atoms with E-state index in [0.29, 0.717) is 12.0 Å². The number of hydrogen-bond donors (Lipinski definition) is 1. The molecule has 2 nitrogen and oxygen atoms in total. The second-order valence-corrected chi connectivity index (χ2v) is 4.01. The normalized spacial score (nSPS) is 12.4. The molecular formula is C14H14F2N2. The van der Waals surface area contributed by atoms with E-state index in [-0.39, 0.29) is 6.04 Å². The molecule has 2 rings (SSSR count). The van der Waals surface area contributed by atoms with Crippen LogP contribution in [0.5, 0.6) is 0 Å². The van der Waals surface area contributed by atoms with Gasteiger partial charge in [-0.05, 0) is 37.2 Å². The van der Waals surface area contributed by atoms with Gasteiger partial charge in [-0.3, -0.25) is 4.98 Å². The molecule has 0 radical (unpaired) electrons. The van der Waals surface area contributed by atoms with Crippen LogP contribution >= 0.6 is 0 Å². The molecule has 1 heterocycles. The Kier molecular flexibility index (Phi) is 3.99. The first-order chi connectivity index (χ1) is 8.72. The highest BCUT2D eigenvalue weighted by atomic mass is 19.2. The largest absolute Gasteiger partial charge is 0.311 e. The quantitative estimate of drug-likeness (QED) is 0.900. The number of halogens is 2. The molecule has 18 heavy (non-hydrogen) atoms.